The first kappa shape index (κ1) is 18.5. The van der Waals surface area contributed by atoms with E-state index in [4.69, 9.17) is 16.9 Å². The van der Waals surface area contributed by atoms with Crippen molar-refractivity contribution in [1.29, 1.82) is 5.26 Å². The highest BCUT2D eigenvalue weighted by Gasteiger charge is 2.58. The van der Waals surface area contributed by atoms with Crippen molar-refractivity contribution < 1.29 is 9.59 Å². The number of hydrogen-bond acceptors (Lipinski definition) is 3. The number of fused-ring (bicyclic) bond motifs is 1. The Balaban J connectivity index is 1.54. The maximum Gasteiger partial charge on any atom is 0.327 e. The first-order valence-corrected chi connectivity index (χ1v) is 9.78. The molecule has 0 spiro atoms. The zero-order valence-electron chi connectivity index (χ0n) is 15.4. The van der Waals surface area contributed by atoms with Gasteiger partial charge in [-0.1, -0.05) is 35.9 Å². The second kappa shape index (κ2) is 7.29. The van der Waals surface area contributed by atoms with Crippen LogP contribution >= 0.6 is 11.6 Å². The number of imide groups is 1. The lowest BCUT2D eigenvalue weighted by atomic mass is 9.88. The van der Waals surface area contributed by atoms with Gasteiger partial charge < -0.3 is 4.90 Å². The monoisotopic (exact) mass is 393 g/mol. The molecule has 142 valence electrons. The summed E-state index contributed by atoms with van der Waals surface area (Å²) in [6.07, 6.45) is 2.57. The van der Waals surface area contributed by atoms with E-state index in [0.29, 0.717) is 42.9 Å². The second-order valence-corrected chi connectivity index (χ2v) is 7.83. The van der Waals surface area contributed by atoms with Gasteiger partial charge in [-0.05, 0) is 54.7 Å². The van der Waals surface area contributed by atoms with Gasteiger partial charge in [0.1, 0.15) is 5.54 Å². The van der Waals surface area contributed by atoms with Crippen molar-refractivity contribution in [3.05, 3.63) is 70.2 Å². The molecule has 0 saturated carbocycles. The molecule has 2 saturated heterocycles. The minimum atomic E-state index is -0.792. The molecule has 0 N–H and O–H groups in total. The Bertz CT molecular complexity index is 966. The van der Waals surface area contributed by atoms with Crippen LogP contribution < -0.4 is 0 Å². The largest absolute Gasteiger partial charge is 0.327 e. The highest BCUT2D eigenvalue weighted by atomic mass is 35.5. The normalized spacial score (nSPS) is 21.1. The molecule has 2 heterocycles. The third-order valence-electron chi connectivity index (χ3n) is 5.69. The number of carbonyl (C=O) groups is 2. The first-order valence-electron chi connectivity index (χ1n) is 9.40. The van der Waals surface area contributed by atoms with Gasteiger partial charge in [0.2, 0.25) is 0 Å². The van der Waals surface area contributed by atoms with Gasteiger partial charge in [0.05, 0.1) is 11.6 Å². The predicted molar refractivity (Wildman–Crippen MR) is 106 cm³/mol. The van der Waals surface area contributed by atoms with Crippen LogP contribution in [-0.4, -0.2) is 40.4 Å². The minimum Gasteiger partial charge on any atom is -0.309 e. The summed E-state index contributed by atoms with van der Waals surface area (Å²) in [5.74, 6) is -0.110. The van der Waals surface area contributed by atoms with Gasteiger partial charge in [0.25, 0.3) is 5.91 Å². The van der Waals surface area contributed by atoms with Crippen molar-refractivity contribution in [2.75, 3.05) is 13.1 Å². The molecule has 4 rings (SSSR count). The van der Waals surface area contributed by atoms with E-state index >= 15 is 0 Å². The van der Waals surface area contributed by atoms with Crippen LogP contribution in [0.15, 0.2) is 48.5 Å². The van der Waals surface area contributed by atoms with Crippen LogP contribution in [0.5, 0.6) is 0 Å². The zero-order chi connectivity index (χ0) is 19.7. The predicted octanol–water partition coefficient (Wildman–Crippen LogP) is 3.79. The van der Waals surface area contributed by atoms with Crippen molar-refractivity contribution in [2.45, 2.75) is 31.2 Å². The standard InChI is InChI=1S/C22H20ClN3O2/c23-19-4-1-3-16(13-19)9-12-25-20(27)22(10-2-11-26(22)21(25)28)14-17-5-7-18(15-24)8-6-17/h1,3-8,13H,2,9-12,14H2. The molecule has 5 nitrogen and oxygen atoms in total. The fourth-order valence-electron chi connectivity index (χ4n) is 4.29. The van der Waals surface area contributed by atoms with Crippen molar-refractivity contribution in [1.82, 2.24) is 9.80 Å². The van der Waals surface area contributed by atoms with Crippen molar-refractivity contribution in [3.8, 4) is 6.07 Å². The topological polar surface area (TPSA) is 64.4 Å². The van der Waals surface area contributed by atoms with Gasteiger partial charge in [0, 0.05) is 24.5 Å². The summed E-state index contributed by atoms with van der Waals surface area (Å²) >= 11 is 6.03. The van der Waals surface area contributed by atoms with Crippen LogP contribution in [0.1, 0.15) is 29.5 Å². The van der Waals surface area contributed by atoms with Crippen molar-refractivity contribution >= 4 is 23.5 Å². The van der Waals surface area contributed by atoms with E-state index in [1.807, 2.05) is 30.3 Å². The molecule has 3 amide bonds. The first-order chi connectivity index (χ1) is 13.5. The summed E-state index contributed by atoms with van der Waals surface area (Å²) < 4.78 is 0. The lowest BCUT2D eigenvalue weighted by Gasteiger charge is -2.28. The molecule has 2 aliphatic rings. The van der Waals surface area contributed by atoms with Crippen molar-refractivity contribution in [2.24, 2.45) is 0 Å². The lowest BCUT2D eigenvalue weighted by molar-refractivity contribution is -0.132. The quantitative estimate of drug-likeness (QED) is 0.726. The third-order valence-corrected chi connectivity index (χ3v) is 5.92. The highest BCUT2D eigenvalue weighted by molar-refractivity contribution is 6.30. The van der Waals surface area contributed by atoms with E-state index in [0.717, 1.165) is 17.5 Å². The Morgan fingerprint density at radius 1 is 1.11 bits per heavy atom. The number of urea groups is 1. The molecule has 6 heteroatoms. The molecule has 0 aliphatic carbocycles. The smallest absolute Gasteiger partial charge is 0.309 e. The van der Waals surface area contributed by atoms with Gasteiger partial charge in [-0.25, -0.2) is 4.79 Å². The molecule has 0 bridgehead atoms. The van der Waals surface area contributed by atoms with Crippen molar-refractivity contribution in [3.63, 3.8) is 0 Å². The minimum absolute atomic E-state index is 0.110. The van der Waals surface area contributed by atoms with Gasteiger partial charge in [0.15, 0.2) is 0 Å². The van der Waals surface area contributed by atoms with E-state index in [9.17, 15) is 9.59 Å². The molecule has 2 aromatic carbocycles. The van der Waals surface area contributed by atoms with E-state index in [1.54, 1.807) is 23.1 Å². The Kier molecular flexibility index (Phi) is 4.82. The maximum absolute atomic E-state index is 13.3. The zero-order valence-corrected chi connectivity index (χ0v) is 16.2. The molecule has 1 atom stereocenters. The van der Waals surface area contributed by atoms with Crippen LogP contribution in [0.25, 0.3) is 0 Å². The van der Waals surface area contributed by atoms with E-state index in [1.165, 1.54) is 4.90 Å². The molecule has 0 aromatic heterocycles. The van der Waals surface area contributed by atoms with Crippen LogP contribution in [-0.2, 0) is 17.6 Å². The summed E-state index contributed by atoms with van der Waals surface area (Å²) in [6, 6.07) is 16.6. The summed E-state index contributed by atoms with van der Waals surface area (Å²) in [5.41, 5.74) is 1.76. The van der Waals surface area contributed by atoms with Gasteiger partial charge >= 0.3 is 6.03 Å². The molecular weight excluding hydrogens is 374 g/mol. The fraction of sp³-hybridized carbons (Fsp3) is 0.318. The fourth-order valence-corrected chi connectivity index (χ4v) is 4.50. The molecular formula is C22H20ClN3O2. The van der Waals surface area contributed by atoms with Gasteiger partial charge in [-0.3, -0.25) is 9.69 Å². The summed E-state index contributed by atoms with van der Waals surface area (Å²) in [4.78, 5) is 29.4. The average molecular weight is 394 g/mol. The summed E-state index contributed by atoms with van der Waals surface area (Å²) in [5, 5.41) is 9.62. The number of nitriles is 1. The molecule has 2 aromatic rings. The second-order valence-electron chi connectivity index (χ2n) is 7.39. The van der Waals surface area contributed by atoms with Crippen LogP contribution in [0, 0.1) is 11.3 Å². The lowest BCUT2D eigenvalue weighted by Crippen LogP contribution is -2.47. The molecule has 1 unspecified atom stereocenters. The Hall–Kier alpha value is -2.84. The number of amides is 3. The number of benzene rings is 2. The average Bonchev–Trinajstić information content (AvgIpc) is 3.20. The number of nitrogens with zero attached hydrogens (tertiary/aromatic N) is 3. The summed E-state index contributed by atoms with van der Waals surface area (Å²) in [6.45, 7) is 0.956. The maximum atomic E-state index is 13.3. The molecule has 2 aliphatic heterocycles. The van der Waals surface area contributed by atoms with E-state index in [2.05, 4.69) is 6.07 Å². The Morgan fingerprint density at radius 2 is 1.89 bits per heavy atom. The van der Waals surface area contributed by atoms with E-state index < -0.39 is 5.54 Å². The number of carbonyl (C=O) groups excluding carboxylic acids is 2. The van der Waals surface area contributed by atoms with Gasteiger partial charge in [-0.2, -0.15) is 5.26 Å². The molecule has 28 heavy (non-hydrogen) atoms. The SMILES string of the molecule is N#Cc1ccc(CC23CCCN2C(=O)N(CCc2cccc(Cl)c2)C3=O)cc1. The molecule has 0 radical (unpaired) electrons. The van der Waals surface area contributed by atoms with E-state index in [-0.39, 0.29) is 11.9 Å². The summed E-state index contributed by atoms with van der Waals surface area (Å²) in [7, 11) is 0. The Morgan fingerprint density at radius 3 is 2.61 bits per heavy atom. The number of rotatable bonds is 5. The number of hydrogen-bond donors (Lipinski definition) is 0. The Labute approximate surface area is 169 Å². The van der Waals surface area contributed by atoms with Crippen LogP contribution in [0.2, 0.25) is 5.02 Å². The third kappa shape index (κ3) is 3.14. The van der Waals surface area contributed by atoms with Crippen LogP contribution in [0.4, 0.5) is 4.79 Å². The number of halogens is 1. The highest BCUT2D eigenvalue weighted by Crippen LogP contribution is 2.40. The van der Waals surface area contributed by atoms with Gasteiger partial charge in [-0.15, -0.1) is 0 Å². The molecule has 2 fully saturated rings. The van der Waals surface area contributed by atoms with Crippen LogP contribution in [0.3, 0.4) is 0 Å².